The smallest absolute Gasteiger partial charge is 0.202 e. The highest BCUT2D eigenvalue weighted by Gasteiger charge is 2.29. The molecule has 0 fully saturated rings. The summed E-state index contributed by atoms with van der Waals surface area (Å²) in [6.45, 7) is 0.738. The average Bonchev–Trinajstić information content (AvgIpc) is 3.13. The molecule has 0 saturated carbocycles. The first-order valence-electron chi connectivity index (χ1n) is 8.84. The summed E-state index contributed by atoms with van der Waals surface area (Å²) in [6, 6.07) is 5.85. The number of thioether (sulfide) groups is 1. The van der Waals surface area contributed by atoms with Crippen LogP contribution in [0.2, 0.25) is 0 Å². The molecule has 1 aromatic carbocycles. The lowest BCUT2D eigenvalue weighted by molar-refractivity contribution is -0.119. The minimum Gasteiger partial charge on any atom is -0.500 e. The number of nitrogens with zero attached hydrogens (tertiary/aromatic N) is 2. The normalized spacial score (nSPS) is 17.6. The number of para-hydroxylation sites is 1. The highest BCUT2D eigenvalue weighted by molar-refractivity contribution is 8.03. The second kappa shape index (κ2) is 8.92. The maximum atomic E-state index is 12.4. The van der Waals surface area contributed by atoms with Crippen LogP contribution in [-0.4, -0.2) is 36.4 Å². The Balaban J connectivity index is 1.61. The standard InChI is InChI=1S/C18H19FN4O3S3/c1-24-11-7-15(29-14(11)9-26-19)23-8-13-17(22-18(23)27)21-16-10(25-6-5-20)3-2-4-12(16)28-13/h2-4,8,15H,5-7,9,20H2,1H3,(H,21,22,27)/t15-/m1/s1. The molecule has 0 aliphatic carbocycles. The lowest BCUT2D eigenvalue weighted by Crippen LogP contribution is -2.14. The Morgan fingerprint density at radius 3 is 3.03 bits per heavy atom. The monoisotopic (exact) mass is 454 g/mol. The minimum absolute atomic E-state index is 0.0679. The van der Waals surface area contributed by atoms with Crippen LogP contribution in [0.15, 0.2) is 44.9 Å². The van der Waals surface area contributed by atoms with Crippen LogP contribution in [0.4, 0.5) is 16.0 Å². The first-order valence-corrected chi connectivity index (χ1v) is 10.9. The van der Waals surface area contributed by atoms with E-state index in [0.29, 0.717) is 35.9 Å². The third-order valence-electron chi connectivity index (χ3n) is 4.44. The maximum Gasteiger partial charge on any atom is 0.202 e. The van der Waals surface area contributed by atoms with Crippen LogP contribution in [0.3, 0.4) is 0 Å². The van der Waals surface area contributed by atoms with E-state index >= 15 is 0 Å². The zero-order valence-corrected chi connectivity index (χ0v) is 18.0. The molecule has 1 aromatic heterocycles. The Hall–Kier alpha value is -1.79. The molecule has 29 heavy (non-hydrogen) atoms. The van der Waals surface area contributed by atoms with Crippen molar-refractivity contribution in [2.75, 3.05) is 32.2 Å². The number of aromatic nitrogens is 2. The van der Waals surface area contributed by atoms with E-state index in [4.69, 9.17) is 27.4 Å². The maximum absolute atomic E-state index is 12.4. The van der Waals surface area contributed by atoms with E-state index in [1.807, 2.05) is 29.0 Å². The number of rotatable bonds is 7. The van der Waals surface area contributed by atoms with Gasteiger partial charge in [0.1, 0.15) is 30.5 Å². The summed E-state index contributed by atoms with van der Waals surface area (Å²) < 4.78 is 25.8. The van der Waals surface area contributed by atoms with Crippen LogP contribution in [0.5, 0.6) is 5.75 Å². The summed E-state index contributed by atoms with van der Waals surface area (Å²) in [5, 5.41) is 3.27. The van der Waals surface area contributed by atoms with E-state index in [2.05, 4.69) is 15.2 Å². The lowest BCUT2D eigenvalue weighted by Gasteiger charge is -2.24. The molecular weight excluding hydrogens is 435 g/mol. The van der Waals surface area contributed by atoms with Crippen molar-refractivity contribution in [2.45, 2.75) is 21.6 Å². The van der Waals surface area contributed by atoms with E-state index in [1.54, 1.807) is 18.9 Å². The van der Waals surface area contributed by atoms with Crippen molar-refractivity contribution in [1.29, 1.82) is 0 Å². The number of nitrogens with two attached hydrogens (primary N) is 1. The largest absolute Gasteiger partial charge is 0.500 e. The fraction of sp³-hybridized carbons (Fsp3) is 0.333. The number of fused-ring (bicyclic) bond motifs is 2. The van der Waals surface area contributed by atoms with Gasteiger partial charge in [-0.25, -0.2) is 4.98 Å². The molecular formula is C18H19FN4O3S3. The van der Waals surface area contributed by atoms with Gasteiger partial charge in [-0.3, -0.25) is 0 Å². The Labute approximate surface area is 180 Å². The van der Waals surface area contributed by atoms with Gasteiger partial charge in [-0.1, -0.05) is 29.6 Å². The van der Waals surface area contributed by atoms with Crippen molar-refractivity contribution in [1.82, 2.24) is 9.55 Å². The van der Waals surface area contributed by atoms with Gasteiger partial charge < -0.3 is 25.1 Å². The van der Waals surface area contributed by atoms with Gasteiger partial charge in [0.15, 0.2) is 0 Å². The molecule has 0 unspecified atom stereocenters. The van der Waals surface area contributed by atoms with Crippen molar-refractivity contribution < 1.29 is 18.9 Å². The van der Waals surface area contributed by atoms with Gasteiger partial charge in [0.25, 0.3) is 0 Å². The quantitative estimate of drug-likeness (QED) is 0.499. The van der Waals surface area contributed by atoms with Gasteiger partial charge in [0.05, 0.1) is 28.0 Å². The predicted octanol–water partition coefficient (Wildman–Crippen LogP) is 4.55. The number of allylic oxidation sites excluding steroid dienone is 1. The Bertz CT molecular complexity index is 1010. The average molecular weight is 455 g/mol. The first kappa shape index (κ1) is 20.5. The molecule has 3 heterocycles. The van der Waals surface area contributed by atoms with Gasteiger partial charge >= 0.3 is 0 Å². The number of ether oxygens (including phenoxy) is 2. The van der Waals surface area contributed by atoms with Gasteiger partial charge in [-0.15, -0.1) is 0 Å². The summed E-state index contributed by atoms with van der Waals surface area (Å²) in [7, 11) is 1.57. The molecule has 0 bridgehead atoms. The number of halogens is 1. The fourth-order valence-corrected chi connectivity index (χ4v) is 5.71. The second-order valence-corrected chi connectivity index (χ2v) is 8.94. The van der Waals surface area contributed by atoms with Gasteiger partial charge in [-0.05, 0) is 28.9 Å². The molecule has 154 valence electrons. The highest BCUT2D eigenvalue weighted by atomic mass is 32.2. The van der Waals surface area contributed by atoms with Crippen molar-refractivity contribution >= 4 is 47.2 Å². The van der Waals surface area contributed by atoms with Gasteiger partial charge in [0, 0.05) is 24.1 Å². The molecule has 4 rings (SSSR count). The predicted molar refractivity (Wildman–Crippen MR) is 114 cm³/mol. The number of hydrogen-bond donors (Lipinski definition) is 2. The number of anilines is 2. The van der Waals surface area contributed by atoms with E-state index in [1.165, 1.54) is 11.8 Å². The van der Waals surface area contributed by atoms with Crippen molar-refractivity contribution in [2.24, 2.45) is 5.73 Å². The summed E-state index contributed by atoms with van der Waals surface area (Å²) >= 11 is 8.59. The highest BCUT2D eigenvalue weighted by Crippen LogP contribution is 2.49. The van der Waals surface area contributed by atoms with E-state index < -0.39 is 0 Å². The van der Waals surface area contributed by atoms with Crippen LogP contribution >= 0.6 is 35.7 Å². The van der Waals surface area contributed by atoms with Gasteiger partial charge in [0.2, 0.25) is 4.77 Å². The van der Waals surface area contributed by atoms with E-state index in [0.717, 1.165) is 26.1 Å². The second-order valence-electron chi connectivity index (χ2n) is 6.22. The summed E-state index contributed by atoms with van der Waals surface area (Å²) in [4.78, 5) is 11.1. The number of nitrogens with one attached hydrogen (secondary N) is 1. The lowest BCUT2D eigenvalue weighted by atomic mass is 10.2. The number of benzene rings is 1. The summed E-state index contributed by atoms with van der Waals surface area (Å²) in [5.74, 6) is 2.12. The third-order valence-corrected chi connectivity index (χ3v) is 7.11. The summed E-state index contributed by atoms with van der Waals surface area (Å²) in [6.07, 6.45) is 2.56. The molecule has 1 atom stereocenters. The third kappa shape index (κ3) is 4.10. The van der Waals surface area contributed by atoms with Crippen LogP contribution in [0.1, 0.15) is 11.8 Å². The van der Waals surface area contributed by atoms with Crippen LogP contribution in [0, 0.1) is 4.77 Å². The minimum atomic E-state index is -0.134. The number of methoxy groups -OCH3 is 1. The molecule has 3 N–H and O–H groups in total. The molecule has 0 saturated heterocycles. The van der Waals surface area contributed by atoms with Crippen LogP contribution in [0.25, 0.3) is 0 Å². The Kier molecular flexibility index (Phi) is 6.30. The van der Waals surface area contributed by atoms with Crippen LogP contribution in [-0.2, 0) is 9.68 Å². The fourth-order valence-electron chi connectivity index (χ4n) is 3.13. The molecule has 0 spiro atoms. The first-order chi connectivity index (χ1) is 14.1. The molecule has 0 amide bonds. The molecule has 2 aromatic rings. The summed E-state index contributed by atoms with van der Waals surface area (Å²) in [5.41, 5.74) is 6.41. The van der Waals surface area contributed by atoms with Crippen molar-refractivity contribution in [3.63, 3.8) is 0 Å². The topological polar surface area (TPSA) is 83.6 Å². The zero-order chi connectivity index (χ0) is 20.4. The molecule has 7 nitrogen and oxygen atoms in total. The van der Waals surface area contributed by atoms with E-state index in [-0.39, 0.29) is 12.0 Å². The van der Waals surface area contributed by atoms with Gasteiger partial charge in [-0.2, -0.15) is 4.94 Å². The van der Waals surface area contributed by atoms with E-state index in [9.17, 15) is 4.53 Å². The molecule has 11 heteroatoms. The number of hydrogen-bond acceptors (Lipinski definition) is 9. The Morgan fingerprint density at radius 2 is 2.28 bits per heavy atom. The van der Waals surface area contributed by atoms with Crippen molar-refractivity contribution in [3.05, 3.63) is 39.8 Å². The van der Waals surface area contributed by atoms with Crippen LogP contribution < -0.4 is 15.8 Å². The van der Waals surface area contributed by atoms with Crippen molar-refractivity contribution in [3.8, 4) is 5.75 Å². The Morgan fingerprint density at radius 1 is 1.41 bits per heavy atom. The molecule has 0 radical (unpaired) electrons. The molecule has 2 aliphatic rings. The SMILES string of the molecule is COC1=C(COF)S[C@@H](n2cc3c(nc2=S)Nc2c(OCCN)cccc2S3)C1. The molecule has 2 aliphatic heterocycles. The zero-order valence-electron chi connectivity index (χ0n) is 15.5.